The summed E-state index contributed by atoms with van der Waals surface area (Å²) in [7, 11) is 1.57. The number of rotatable bonds is 3. The molecule has 1 heterocycles. The molecule has 2 aromatic carbocycles. The lowest BCUT2D eigenvalue weighted by Gasteiger charge is -2.14. The van der Waals surface area contributed by atoms with E-state index in [1.165, 1.54) is 10.9 Å². The molecule has 0 spiro atoms. The van der Waals surface area contributed by atoms with Gasteiger partial charge < -0.3 is 19.8 Å². The molecule has 0 saturated heterocycles. The maximum Gasteiger partial charge on any atom is 0.410 e. The van der Waals surface area contributed by atoms with Crippen molar-refractivity contribution in [2.75, 3.05) is 0 Å². The predicted octanol–water partition coefficient (Wildman–Crippen LogP) is 3.28. The molecular weight excluding hydrogens is 365 g/mol. The minimum Gasteiger partial charge on any atom is -0.452 e. The molecule has 0 aliphatic heterocycles. The molecule has 0 saturated carbocycles. The quantitative estimate of drug-likeness (QED) is 0.755. The summed E-state index contributed by atoms with van der Waals surface area (Å²) in [6.45, 7) is 1.65. The lowest BCUT2D eigenvalue weighted by atomic mass is 10.1. The number of amides is 1. The molecule has 1 aromatic heterocycles. The Bertz CT molecular complexity index is 1100. The van der Waals surface area contributed by atoms with Gasteiger partial charge in [-0.15, -0.1) is 0 Å². The topological polar surface area (TPSA) is 96.4 Å². The number of hydrogen-bond acceptors (Lipinski definition) is 5. The van der Waals surface area contributed by atoms with Crippen LogP contribution in [0.3, 0.4) is 0 Å². The number of hydrogen-bond donors (Lipinski definition) is 1. The van der Waals surface area contributed by atoms with Gasteiger partial charge in [0.05, 0.1) is 17.2 Å². The number of carbonyl (C=O) groups is 1. The van der Waals surface area contributed by atoms with Crippen molar-refractivity contribution in [3.8, 4) is 17.2 Å². The van der Waals surface area contributed by atoms with Crippen LogP contribution < -0.4 is 20.8 Å². The van der Waals surface area contributed by atoms with Crippen molar-refractivity contribution in [1.82, 2.24) is 9.55 Å². The summed E-state index contributed by atoms with van der Waals surface area (Å²) in [5.41, 5.74) is 5.63. The fourth-order valence-corrected chi connectivity index (χ4v) is 2.68. The highest BCUT2D eigenvalue weighted by molar-refractivity contribution is 6.33. The van der Waals surface area contributed by atoms with Crippen molar-refractivity contribution >= 4 is 28.6 Å². The van der Waals surface area contributed by atoms with Crippen molar-refractivity contribution in [2.24, 2.45) is 12.8 Å². The number of fused-ring (bicyclic) bond motifs is 1. The second-order valence-corrected chi connectivity index (χ2v) is 5.83. The van der Waals surface area contributed by atoms with Gasteiger partial charge in [-0.3, -0.25) is 4.79 Å². The summed E-state index contributed by atoms with van der Waals surface area (Å²) in [4.78, 5) is 27.4. The number of halogens is 2. The zero-order chi connectivity index (χ0) is 19.0. The van der Waals surface area contributed by atoms with E-state index in [-0.39, 0.29) is 27.8 Å². The van der Waals surface area contributed by atoms with Crippen LogP contribution in [0.15, 0.2) is 35.4 Å². The minimum atomic E-state index is -1.10. The van der Waals surface area contributed by atoms with Crippen LogP contribution in [-0.4, -0.2) is 15.6 Å². The van der Waals surface area contributed by atoms with Gasteiger partial charge in [-0.05, 0) is 31.2 Å². The molecule has 3 aromatic rings. The van der Waals surface area contributed by atoms with Crippen LogP contribution in [0.1, 0.15) is 5.56 Å². The molecule has 7 nitrogen and oxygen atoms in total. The molecule has 0 atom stereocenters. The van der Waals surface area contributed by atoms with Gasteiger partial charge in [-0.2, -0.15) is 0 Å². The van der Waals surface area contributed by atoms with Crippen molar-refractivity contribution in [2.45, 2.75) is 6.92 Å². The molecule has 134 valence electrons. The molecule has 1 amide bonds. The van der Waals surface area contributed by atoms with Gasteiger partial charge >= 0.3 is 6.09 Å². The van der Waals surface area contributed by atoms with Crippen LogP contribution in [0, 0.1) is 12.7 Å². The van der Waals surface area contributed by atoms with Crippen molar-refractivity contribution in [3.05, 3.63) is 57.3 Å². The monoisotopic (exact) mass is 377 g/mol. The second-order valence-electron chi connectivity index (χ2n) is 5.46. The van der Waals surface area contributed by atoms with Crippen LogP contribution in [0.25, 0.3) is 10.9 Å². The Kier molecular flexibility index (Phi) is 4.52. The molecule has 3 rings (SSSR count). The van der Waals surface area contributed by atoms with Crippen LogP contribution in [-0.2, 0) is 7.05 Å². The first kappa shape index (κ1) is 17.7. The molecule has 0 fully saturated rings. The molecule has 9 heteroatoms. The first-order chi connectivity index (χ1) is 12.3. The van der Waals surface area contributed by atoms with Gasteiger partial charge in [0.15, 0.2) is 17.3 Å². The Morgan fingerprint density at radius 3 is 2.65 bits per heavy atom. The van der Waals surface area contributed by atoms with Gasteiger partial charge in [-0.25, -0.2) is 14.2 Å². The maximum atomic E-state index is 14.2. The highest BCUT2D eigenvalue weighted by Gasteiger charge is 2.19. The number of nitrogens with zero attached hydrogens (tertiary/aromatic N) is 2. The van der Waals surface area contributed by atoms with Gasteiger partial charge in [0, 0.05) is 12.6 Å². The third-order valence-corrected chi connectivity index (χ3v) is 4.09. The number of benzene rings is 2. The maximum absolute atomic E-state index is 14.2. The van der Waals surface area contributed by atoms with E-state index in [1.807, 2.05) is 0 Å². The summed E-state index contributed by atoms with van der Waals surface area (Å²) in [6, 6.07) is 5.30. The average Bonchev–Trinajstić information content (AvgIpc) is 2.59. The lowest BCUT2D eigenvalue weighted by molar-refractivity contribution is 0.210. The Balaban J connectivity index is 2.13. The SMILES string of the molecule is Cc1c(Oc2c(F)ccc(OC(N)=O)c2Cl)ccc2ncn(C)c(=O)c12. The third kappa shape index (κ3) is 3.06. The summed E-state index contributed by atoms with van der Waals surface area (Å²) < 4.78 is 25.8. The lowest BCUT2D eigenvalue weighted by Crippen LogP contribution is -2.18. The summed E-state index contributed by atoms with van der Waals surface area (Å²) in [5, 5.41) is 0.0796. The minimum absolute atomic E-state index is 0.147. The number of primary amides is 1. The van der Waals surface area contributed by atoms with E-state index in [0.29, 0.717) is 16.5 Å². The van der Waals surface area contributed by atoms with Crippen LogP contribution in [0.2, 0.25) is 5.02 Å². The predicted molar refractivity (Wildman–Crippen MR) is 93.4 cm³/mol. The molecule has 0 bridgehead atoms. The van der Waals surface area contributed by atoms with Crippen molar-refractivity contribution in [1.29, 1.82) is 0 Å². The summed E-state index contributed by atoms with van der Waals surface area (Å²) in [5.74, 6) is -1.06. The zero-order valence-corrected chi connectivity index (χ0v) is 14.5. The number of carbonyl (C=O) groups excluding carboxylic acids is 1. The number of ether oxygens (including phenoxy) is 2. The number of aromatic nitrogens is 2. The fourth-order valence-electron chi connectivity index (χ4n) is 2.45. The van der Waals surface area contributed by atoms with E-state index in [2.05, 4.69) is 4.98 Å². The normalized spacial score (nSPS) is 10.8. The summed E-state index contributed by atoms with van der Waals surface area (Å²) in [6.07, 6.45) is 0.312. The molecular formula is C17H13ClFN3O4. The zero-order valence-electron chi connectivity index (χ0n) is 13.7. The first-order valence-corrected chi connectivity index (χ1v) is 7.75. The van der Waals surface area contributed by atoms with Crippen LogP contribution in [0.4, 0.5) is 9.18 Å². The second kappa shape index (κ2) is 6.64. The molecule has 0 aliphatic carbocycles. The van der Waals surface area contributed by atoms with E-state index < -0.39 is 11.9 Å². The van der Waals surface area contributed by atoms with Gasteiger partial charge in [0.25, 0.3) is 5.56 Å². The van der Waals surface area contributed by atoms with E-state index in [4.69, 9.17) is 26.8 Å². The summed E-state index contributed by atoms with van der Waals surface area (Å²) >= 11 is 6.06. The van der Waals surface area contributed by atoms with Gasteiger partial charge in [0.2, 0.25) is 0 Å². The Hall–Kier alpha value is -3.13. The van der Waals surface area contributed by atoms with Crippen molar-refractivity contribution in [3.63, 3.8) is 0 Å². The molecule has 0 aliphatic rings. The fraction of sp³-hybridized carbons (Fsp3) is 0.118. The highest BCUT2D eigenvalue weighted by Crippen LogP contribution is 2.40. The van der Waals surface area contributed by atoms with Crippen LogP contribution in [0.5, 0.6) is 17.2 Å². The average molecular weight is 378 g/mol. The largest absolute Gasteiger partial charge is 0.452 e. The molecule has 2 N–H and O–H groups in total. The standard InChI is InChI=1S/C17H13ClFN3O4/c1-8-11(6-4-10-13(8)16(23)22(2)7-21-10)25-15-9(19)3-5-12(14(15)18)26-17(20)24/h3-7H,1-2H3,(H2,20,24). The van der Waals surface area contributed by atoms with E-state index in [1.54, 1.807) is 26.1 Å². The van der Waals surface area contributed by atoms with E-state index >= 15 is 0 Å². The van der Waals surface area contributed by atoms with Crippen molar-refractivity contribution < 1.29 is 18.7 Å². The molecule has 0 radical (unpaired) electrons. The highest BCUT2D eigenvalue weighted by atomic mass is 35.5. The Morgan fingerprint density at radius 2 is 1.96 bits per heavy atom. The number of aryl methyl sites for hydroxylation is 2. The third-order valence-electron chi connectivity index (χ3n) is 3.73. The number of nitrogens with two attached hydrogens (primary N) is 1. The van der Waals surface area contributed by atoms with Gasteiger partial charge in [-0.1, -0.05) is 11.6 Å². The van der Waals surface area contributed by atoms with Crippen LogP contribution >= 0.6 is 11.6 Å². The smallest absolute Gasteiger partial charge is 0.410 e. The van der Waals surface area contributed by atoms with E-state index in [9.17, 15) is 14.0 Å². The first-order valence-electron chi connectivity index (χ1n) is 7.37. The Morgan fingerprint density at radius 1 is 1.27 bits per heavy atom. The molecule has 0 unspecified atom stereocenters. The van der Waals surface area contributed by atoms with E-state index in [0.717, 1.165) is 12.1 Å². The molecule has 26 heavy (non-hydrogen) atoms. The van der Waals surface area contributed by atoms with Gasteiger partial charge in [0.1, 0.15) is 10.8 Å². The Labute approximate surface area is 151 Å².